The number of hydrogen-bond acceptors (Lipinski definition) is 6. The minimum absolute atomic E-state index is 0.136. The molecule has 1 heterocycles. The lowest BCUT2D eigenvalue weighted by molar-refractivity contribution is -0.372. The van der Waals surface area contributed by atoms with Gasteiger partial charge in [-0.1, -0.05) is 0 Å². The van der Waals surface area contributed by atoms with Crippen LogP contribution in [0.2, 0.25) is 0 Å². The predicted molar refractivity (Wildman–Crippen MR) is 47.2 cm³/mol. The van der Waals surface area contributed by atoms with Crippen molar-refractivity contribution in [2.75, 3.05) is 6.61 Å². The molecule has 1 aliphatic heterocycles. The van der Waals surface area contributed by atoms with Crippen LogP contribution in [0, 0.1) is 5.41 Å². The summed E-state index contributed by atoms with van der Waals surface area (Å²) in [6.45, 7) is 2.34. The zero-order chi connectivity index (χ0) is 11.7. The first-order valence-corrected chi connectivity index (χ1v) is 4.58. The average molecular weight is 218 g/mol. The molecule has 0 aromatic rings. The number of aliphatic hydroxyl groups is 2. The van der Waals surface area contributed by atoms with Crippen molar-refractivity contribution in [2.24, 2.45) is 5.41 Å². The first kappa shape index (κ1) is 11.9. The van der Waals surface area contributed by atoms with E-state index >= 15 is 0 Å². The molecule has 6 heteroatoms. The second kappa shape index (κ2) is 3.79. The Balaban J connectivity index is 2.98. The van der Waals surface area contributed by atoms with Gasteiger partial charge >= 0.3 is 17.9 Å². The first-order chi connectivity index (χ1) is 6.81. The Kier molecular flexibility index (Phi) is 3.01. The SMILES string of the molecule is CC(C)(CO)C1(O)OC(=O)CCC(=O)O1. The van der Waals surface area contributed by atoms with Crippen molar-refractivity contribution in [1.29, 1.82) is 0 Å². The van der Waals surface area contributed by atoms with E-state index in [1.165, 1.54) is 13.8 Å². The second-order valence-electron chi connectivity index (χ2n) is 4.07. The fourth-order valence-corrected chi connectivity index (χ4v) is 1.01. The van der Waals surface area contributed by atoms with E-state index in [9.17, 15) is 14.7 Å². The minimum Gasteiger partial charge on any atom is -0.398 e. The van der Waals surface area contributed by atoms with Crippen LogP contribution < -0.4 is 0 Å². The van der Waals surface area contributed by atoms with E-state index in [0.717, 1.165) is 0 Å². The summed E-state index contributed by atoms with van der Waals surface area (Å²) in [6.07, 6.45) is -0.273. The molecule has 0 atom stereocenters. The van der Waals surface area contributed by atoms with Crippen LogP contribution in [0.3, 0.4) is 0 Å². The summed E-state index contributed by atoms with van der Waals surface area (Å²) in [6, 6.07) is 0. The topological polar surface area (TPSA) is 93.1 Å². The highest BCUT2D eigenvalue weighted by Gasteiger charge is 2.52. The third kappa shape index (κ3) is 2.27. The maximum Gasteiger partial charge on any atom is 0.380 e. The molecule has 6 nitrogen and oxygen atoms in total. The molecule has 0 bridgehead atoms. The Morgan fingerprint density at radius 3 is 2.00 bits per heavy atom. The van der Waals surface area contributed by atoms with Crippen LogP contribution in [0.1, 0.15) is 26.7 Å². The molecular weight excluding hydrogens is 204 g/mol. The van der Waals surface area contributed by atoms with E-state index in [-0.39, 0.29) is 12.8 Å². The van der Waals surface area contributed by atoms with Crippen molar-refractivity contribution in [3.05, 3.63) is 0 Å². The van der Waals surface area contributed by atoms with Gasteiger partial charge in [0.15, 0.2) is 0 Å². The zero-order valence-corrected chi connectivity index (χ0v) is 8.65. The molecule has 0 amide bonds. The molecule has 0 aromatic carbocycles. The molecule has 0 aliphatic carbocycles. The van der Waals surface area contributed by atoms with E-state index < -0.39 is 29.9 Å². The summed E-state index contributed by atoms with van der Waals surface area (Å²) in [5.74, 6) is -3.86. The van der Waals surface area contributed by atoms with Crippen LogP contribution >= 0.6 is 0 Å². The third-order valence-electron chi connectivity index (χ3n) is 2.29. The lowest BCUT2D eigenvalue weighted by Crippen LogP contribution is -2.52. The molecular formula is C9H14O6. The smallest absolute Gasteiger partial charge is 0.380 e. The third-order valence-corrected chi connectivity index (χ3v) is 2.29. The van der Waals surface area contributed by atoms with Gasteiger partial charge in [0.2, 0.25) is 0 Å². The molecule has 0 unspecified atom stereocenters. The van der Waals surface area contributed by atoms with E-state index in [2.05, 4.69) is 9.47 Å². The molecule has 86 valence electrons. The minimum atomic E-state index is -2.40. The van der Waals surface area contributed by atoms with Gasteiger partial charge in [0.05, 0.1) is 24.9 Å². The van der Waals surface area contributed by atoms with Gasteiger partial charge < -0.3 is 19.7 Å². The van der Waals surface area contributed by atoms with Crippen LogP contribution in [0.5, 0.6) is 0 Å². The van der Waals surface area contributed by atoms with Crippen LogP contribution in [0.15, 0.2) is 0 Å². The van der Waals surface area contributed by atoms with Crippen molar-refractivity contribution in [3.8, 4) is 0 Å². The van der Waals surface area contributed by atoms with Crippen LogP contribution in [0.4, 0.5) is 0 Å². The predicted octanol–water partition coefficient (Wildman–Crippen LogP) is -0.469. The summed E-state index contributed by atoms with van der Waals surface area (Å²) >= 11 is 0. The normalized spacial score (nSPS) is 21.6. The lowest BCUT2D eigenvalue weighted by atomic mass is 9.91. The van der Waals surface area contributed by atoms with Gasteiger partial charge in [0.1, 0.15) is 0 Å². The van der Waals surface area contributed by atoms with Crippen molar-refractivity contribution < 1.29 is 29.3 Å². The number of carbonyl (C=O) groups excluding carboxylic acids is 2. The summed E-state index contributed by atoms with van der Waals surface area (Å²) in [5.41, 5.74) is -1.28. The van der Waals surface area contributed by atoms with Gasteiger partial charge in [-0.15, -0.1) is 0 Å². The van der Waals surface area contributed by atoms with E-state index in [1.807, 2.05) is 0 Å². The lowest BCUT2D eigenvalue weighted by Gasteiger charge is -2.37. The summed E-state index contributed by atoms with van der Waals surface area (Å²) < 4.78 is 9.28. The molecule has 0 spiro atoms. The highest BCUT2D eigenvalue weighted by molar-refractivity contribution is 5.79. The van der Waals surface area contributed by atoms with Gasteiger partial charge in [0, 0.05) is 0 Å². The molecule has 1 fully saturated rings. The molecule has 15 heavy (non-hydrogen) atoms. The second-order valence-corrected chi connectivity index (χ2v) is 4.07. The Hall–Kier alpha value is -1.14. The monoisotopic (exact) mass is 218 g/mol. The summed E-state index contributed by atoms with van der Waals surface area (Å²) in [5, 5.41) is 18.9. The quantitative estimate of drug-likeness (QED) is 0.609. The Morgan fingerprint density at radius 1 is 1.27 bits per heavy atom. The van der Waals surface area contributed by atoms with Crippen LogP contribution in [0.25, 0.3) is 0 Å². The number of hydrogen-bond donors (Lipinski definition) is 2. The highest BCUT2D eigenvalue weighted by atomic mass is 16.8. The Morgan fingerprint density at radius 2 is 1.67 bits per heavy atom. The highest BCUT2D eigenvalue weighted by Crippen LogP contribution is 2.35. The fraction of sp³-hybridized carbons (Fsp3) is 0.778. The van der Waals surface area contributed by atoms with Crippen molar-refractivity contribution in [3.63, 3.8) is 0 Å². The molecule has 0 aromatic heterocycles. The summed E-state index contributed by atoms with van der Waals surface area (Å²) in [7, 11) is 0. The van der Waals surface area contributed by atoms with E-state index in [1.54, 1.807) is 0 Å². The standard InChI is InChI=1S/C9H14O6/c1-8(2,5-10)9(13)14-6(11)3-4-7(12)15-9/h10,13H,3-5H2,1-2H3. The van der Waals surface area contributed by atoms with Gasteiger partial charge in [-0.05, 0) is 13.8 Å². The van der Waals surface area contributed by atoms with E-state index in [4.69, 9.17) is 5.11 Å². The average Bonchev–Trinajstić information content (AvgIpc) is 2.26. The zero-order valence-electron chi connectivity index (χ0n) is 8.65. The number of esters is 2. The number of cyclic esters (lactones) is 2. The Bertz CT molecular complexity index is 264. The molecule has 1 rings (SSSR count). The number of carbonyl (C=O) groups is 2. The number of rotatable bonds is 2. The first-order valence-electron chi connectivity index (χ1n) is 4.58. The number of aliphatic hydroxyl groups excluding tert-OH is 1. The van der Waals surface area contributed by atoms with Crippen LogP contribution in [-0.4, -0.2) is 34.7 Å². The molecule has 2 N–H and O–H groups in total. The van der Waals surface area contributed by atoms with Gasteiger partial charge in [-0.25, -0.2) is 0 Å². The maximum absolute atomic E-state index is 11.1. The molecule has 0 saturated carbocycles. The van der Waals surface area contributed by atoms with Gasteiger partial charge in [-0.2, -0.15) is 0 Å². The Labute approximate surface area is 86.8 Å². The largest absolute Gasteiger partial charge is 0.398 e. The van der Waals surface area contributed by atoms with Gasteiger partial charge in [0.25, 0.3) is 0 Å². The van der Waals surface area contributed by atoms with Crippen molar-refractivity contribution >= 4 is 11.9 Å². The van der Waals surface area contributed by atoms with Crippen molar-refractivity contribution in [2.45, 2.75) is 32.7 Å². The number of ether oxygens (including phenoxy) is 2. The van der Waals surface area contributed by atoms with Gasteiger partial charge in [-0.3, -0.25) is 9.59 Å². The van der Waals surface area contributed by atoms with E-state index in [0.29, 0.717) is 0 Å². The van der Waals surface area contributed by atoms with Crippen molar-refractivity contribution in [1.82, 2.24) is 0 Å². The molecule has 0 radical (unpaired) electrons. The molecule has 1 saturated heterocycles. The fourth-order valence-electron chi connectivity index (χ4n) is 1.01. The maximum atomic E-state index is 11.1. The van der Waals surface area contributed by atoms with Crippen LogP contribution in [-0.2, 0) is 19.1 Å². The molecule has 1 aliphatic rings. The summed E-state index contributed by atoms with van der Waals surface area (Å²) in [4.78, 5) is 22.2.